The van der Waals surface area contributed by atoms with Gasteiger partial charge in [0.2, 0.25) is 0 Å². The topological polar surface area (TPSA) is 59.3 Å². The van der Waals surface area contributed by atoms with Crippen molar-refractivity contribution in [2.45, 2.75) is 39.5 Å². The van der Waals surface area contributed by atoms with Crippen molar-refractivity contribution in [1.29, 1.82) is 0 Å². The molecule has 0 fully saturated rings. The van der Waals surface area contributed by atoms with Gasteiger partial charge in [0.15, 0.2) is 5.65 Å². The number of carbonyl (C=O) groups excluding carboxylic acids is 1. The molecule has 0 unspecified atom stereocenters. The highest BCUT2D eigenvalue weighted by Crippen LogP contribution is 2.27. The molecule has 7 heteroatoms. The molecule has 0 saturated heterocycles. The maximum absolute atomic E-state index is 13.8. The van der Waals surface area contributed by atoms with E-state index in [1.54, 1.807) is 0 Å². The summed E-state index contributed by atoms with van der Waals surface area (Å²) >= 11 is 0. The third-order valence-corrected chi connectivity index (χ3v) is 5.66. The van der Waals surface area contributed by atoms with Crippen molar-refractivity contribution in [1.82, 2.24) is 14.6 Å². The van der Waals surface area contributed by atoms with Crippen LogP contribution in [0.3, 0.4) is 0 Å². The third kappa shape index (κ3) is 4.23. The molecule has 2 heterocycles. The Bertz CT molecular complexity index is 1250. The second-order valence-corrected chi connectivity index (χ2v) is 7.91. The molecule has 0 radical (unpaired) electrons. The fourth-order valence-electron chi connectivity index (χ4n) is 3.50. The predicted octanol–water partition coefficient (Wildman–Crippen LogP) is 6.41. The molecule has 4 rings (SSSR count). The van der Waals surface area contributed by atoms with Gasteiger partial charge in [-0.15, -0.1) is 0 Å². The van der Waals surface area contributed by atoms with Crippen molar-refractivity contribution < 1.29 is 13.6 Å². The molecule has 0 aliphatic rings. The van der Waals surface area contributed by atoms with E-state index in [-0.39, 0.29) is 16.9 Å². The van der Waals surface area contributed by atoms with E-state index in [9.17, 15) is 13.6 Å². The number of hydrogen-bond acceptors (Lipinski definition) is 3. The van der Waals surface area contributed by atoms with E-state index in [0.29, 0.717) is 22.9 Å². The third-order valence-electron chi connectivity index (χ3n) is 5.66. The number of amides is 1. The van der Waals surface area contributed by atoms with Crippen LogP contribution < -0.4 is 5.32 Å². The Kier molecular flexibility index (Phi) is 5.99. The Labute approximate surface area is 185 Å². The lowest BCUT2D eigenvalue weighted by Crippen LogP contribution is -2.13. The number of halogens is 2. The zero-order chi connectivity index (χ0) is 22.8. The van der Waals surface area contributed by atoms with Gasteiger partial charge in [-0.1, -0.05) is 55.8 Å². The van der Waals surface area contributed by atoms with E-state index in [0.717, 1.165) is 16.5 Å². The summed E-state index contributed by atoms with van der Waals surface area (Å²) in [6.07, 6.45) is -0.473. The molecular formula is C25H24F2N4O. The van der Waals surface area contributed by atoms with Crippen LogP contribution in [0.2, 0.25) is 0 Å². The van der Waals surface area contributed by atoms with Crippen LogP contribution in [0.25, 0.3) is 16.9 Å². The number of carbonyl (C=O) groups is 1. The highest BCUT2D eigenvalue weighted by molar-refractivity contribution is 6.08. The van der Waals surface area contributed by atoms with E-state index in [1.807, 2.05) is 55.5 Å². The number of anilines is 1. The molecule has 1 N–H and O–H groups in total. The Morgan fingerprint density at radius 2 is 1.78 bits per heavy atom. The molecule has 4 aromatic rings. The van der Waals surface area contributed by atoms with Crippen molar-refractivity contribution in [2.75, 3.05) is 5.32 Å². The Balaban J connectivity index is 1.71. The average Bonchev–Trinajstić information content (AvgIpc) is 3.23. The molecule has 0 aliphatic carbocycles. The smallest absolute Gasteiger partial charge is 0.280 e. The molecule has 0 saturated carbocycles. The van der Waals surface area contributed by atoms with Crippen molar-refractivity contribution >= 4 is 17.2 Å². The number of rotatable bonds is 6. The molecule has 32 heavy (non-hydrogen) atoms. The first-order chi connectivity index (χ1) is 15.4. The van der Waals surface area contributed by atoms with Crippen LogP contribution in [-0.2, 0) is 0 Å². The second kappa shape index (κ2) is 8.86. The first kappa shape index (κ1) is 21.6. The minimum Gasteiger partial charge on any atom is -0.322 e. The lowest BCUT2D eigenvalue weighted by molar-refractivity contribution is 0.102. The zero-order valence-corrected chi connectivity index (χ0v) is 18.1. The number of nitrogens with zero attached hydrogens (tertiary/aromatic N) is 3. The quantitative estimate of drug-likeness (QED) is 0.382. The number of nitrogens with one attached hydrogen (secondary N) is 1. The summed E-state index contributed by atoms with van der Waals surface area (Å²) in [5.74, 6) is -0.0263. The summed E-state index contributed by atoms with van der Waals surface area (Å²) < 4.78 is 28.5. The Hall–Kier alpha value is -3.61. The largest absolute Gasteiger partial charge is 0.322 e. The van der Waals surface area contributed by atoms with Gasteiger partial charge in [-0.2, -0.15) is 5.10 Å². The van der Waals surface area contributed by atoms with Gasteiger partial charge in [0.1, 0.15) is 11.3 Å². The maximum Gasteiger partial charge on any atom is 0.280 e. The van der Waals surface area contributed by atoms with Crippen LogP contribution in [-0.4, -0.2) is 20.5 Å². The zero-order valence-electron chi connectivity index (χ0n) is 18.1. The SMILES string of the molecule is CC[C@H](C)c1ccc(NC(=O)c2cnn3c(C(F)F)cc(-c4ccc(C)cc4)nc23)cc1. The Morgan fingerprint density at radius 1 is 1.09 bits per heavy atom. The van der Waals surface area contributed by atoms with Gasteiger partial charge in [-0.3, -0.25) is 4.79 Å². The maximum atomic E-state index is 13.8. The van der Waals surface area contributed by atoms with Gasteiger partial charge in [0.05, 0.1) is 11.9 Å². The summed E-state index contributed by atoms with van der Waals surface area (Å²) in [6, 6.07) is 16.3. The fourth-order valence-corrected chi connectivity index (χ4v) is 3.50. The predicted molar refractivity (Wildman–Crippen MR) is 121 cm³/mol. The molecule has 0 spiro atoms. The van der Waals surface area contributed by atoms with E-state index in [1.165, 1.54) is 17.8 Å². The number of aryl methyl sites for hydroxylation is 1. The van der Waals surface area contributed by atoms with E-state index < -0.39 is 12.3 Å². The van der Waals surface area contributed by atoms with Gasteiger partial charge in [-0.25, -0.2) is 18.3 Å². The minimum absolute atomic E-state index is 0.0899. The molecule has 164 valence electrons. The molecule has 1 atom stereocenters. The molecule has 2 aromatic heterocycles. The standard InChI is InChI=1S/C25H24F2N4O/c1-4-16(3)17-9-11-19(12-10-17)29-25(32)20-14-28-31-22(23(26)27)13-21(30-24(20)31)18-7-5-15(2)6-8-18/h5-14,16,23H,4H2,1-3H3,(H,29,32)/t16-/m0/s1. The fraction of sp³-hybridized carbons (Fsp3) is 0.240. The number of benzene rings is 2. The van der Waals surface area contributed by atoms with Crippen LogP contribution in [0.15, 0.2) is 60.8 Å². The van der Waals surface area contributed by atoms with Gasteiger partial charge in [-0.05, 0) is 43.0 Å². The average molecular weight is 434 g/mol. The number of hydrogen-bond donors (Lipinski definition) is 1. The lowest BCUT2D eigenvalue weighted by Gasteiger charge is -2.11. The molecule has 0 aliphatic heterocycles. The van der Waals surface area contributed by atoms with Crippen molar-refractivity contribution in [2.24, 2.45) is 0 Å². The number of fused-ring (bicyclic) bond motifs is 1. The van der Waals surface area contributed by atoms with E-state index in [4.69, 9.17) is 0 Å². The monoisotopic (exact) mass is 434 g/mol. The van der Waals surface area contributed by atoms with Gasteiger partial charge >= 0.3 is 0 Å². The second-order valence-electron chi connectivity index (χ2n) is 7.91. The Morgan fingerprint density at radius 3 is 2.41 bits per heavy atom. The molecule has 1 amide bonds. The highest BCUT2D eigenvalue weighted by Gasteiger charge is 2.21. The van der Waals surface area contributed by atoms with Crippen molar-refractivity contribution in [3.63, 3.8) is 0 Å². The molecule has 0 bridgehead atoms. The van der Waals surface area contributed by atoms with E-state index in [2.05, 4.69) is 29.2 Å². The summed E-state index contributed by atoms with van der Waals surface area (Å²) in [5, 5.41) is 6.83. The highest BCUT2D eigenvalue weighted by atomic mass is 19.3. The van der Waals surface area contributed by atoms with Gasteiger partial charge < -0.3 is 5.32 Å². The molecular weight excluding hydrogens is 410 g/mol. The molecule has 2 aromatic carbocycles. The van der Waals surface area contributed by atoms with Crippen LogP contribution in [0, 0.1) is 6.92 Å². The van der Waals surface area contributed by atoms with Gasteiger partial charge in [0, 0.05) is 11.3 Å². The van der Waals surface area contributed by atoms with Crippen LogP contribution >= 0.6 is 0 Å². The summed E-state index contributed by atoms with van der Waals surface area (Å²) in [4.78, 5) is 17.4. The van der Waals surface area contributed by atoms with E-state index >= 15 is 0 Å². The number of aromatic nitrogens is 3. The number of alkyl halides is 2. The normalized spacial score (nSPS) is 12.3. The lowest BCUT2D eigenvalue weighted by atomic mass is 9.99. The van der Waals surface area contributed by atoms with Gasteiger partial charge in [0.25, 0.3) is 12.3 Å². The van der Waals surface area contributed by atoms with Crippen molar-refractivity contribution in [3.8, 4) is 11.3 Å². The minimum atomic E-state index is -2.77. The first-order valence-electron chi connectivity index (χ1n) is 10.5. The first-order valence-corrected chi connectivity index (χ1v) is 10.5. The van der Waals surface area contributed by atoms with Crippen molar-refractivity contribution in [3.05, 3.63) is 83.2 Å². The summed E-state index contributed by atoms with van der Waals surface area (Å²) in [7, 11) is 0. The van der Waals surface area contributed by atoms with Crippen LogP contribution in [0.5, 0.6) is 0 Å². The molecule has 5 nitrogen and oxygen atoms in total. The van der Waals surface area contributed by atoms with Crippen LogP contribution in [0.1, 0.15) is 59.8 Å². The van der Waals surface area contributed by atoms with Crippen LogP contribution in [0.4, 0.5) is 14.5 Å². The summed E-state index contributed by atoms with van der Waals surface area (Å²) in [5.41, 5.74) is 3.81. The summed E-state index contributed by atoms with van der Waals surface area (Å²) in [6.45, 7) is 6.21.